The lowest BCUT2D eigenvalue weighted by molar-refractivity contribution is -0.118. The summed E-state index contributed by atoms with van der Waals surface area (Å²) in [5, 5.41) is 3.22. The molecule has 1 amide bonds. The molecule has 0 saturated heterocycles. The maximum Gasteiger partial charge on any atom is 0.230 e. The van der Waals surface area contributed by atoms with E-state index in [0.717, 1.165) is 5.75 Å². The molecule has 2 nitrogen and oxygen atoms in total. The number of rotatable bonds is 4. The summed E-state index contributed by atoms with van der Waals surface area (Å²) in [6, 6.07) is 0.278. The monoisotopic (exact) mass is 225 g/mol. The second-order valence-corrected chi connectivity index (χ2v) is 3.53. The summed E-state index contributed by atoms with van der Waals surface area (Å²) in [7, 11) is 0. The molecule has 0 aromatic rings. The van der Waals surface area contributed by atoms with Gasteiger partial charge in [-0.1, -0.05) is 15.9 Å². The number of thioether (sulfide) groups is 1. The summed E-state index contributed by atoms with van der Waals surface area (Å²) in [5.41, 5.74) is 0. The van der Waals surface area contributed by atoms with Gasteiger partial charge in [-0.2, -0.15) is 11.8 Å². The minimum absolute atomic E-state index is 0.0570. The first kappa shape index (κ1) is 10.3. The van der Waals surface area contributed by atoms with E-state index in [2.05, 4.69) is 21.2 Å². The van der Waals surface area contributed by atoms with Crippen LogP contribution in [0.5, 0.6) is 0 Å². The second kappa shape index (κ2) is 6.04. The summed E-state index contributed by atoms with van der Waals surface area (Å²) >= 11 is 4.81. The molecule has 0 bridgehead atoms. The largest absolute Gasteiger partial charge is 0.352 e. The van der Waals surface area contributed by atoms with Crippen molar-refractivity contribution in [2.45, 2.75) is 13.0 Å². The van der Waals surface area contributed by atoms with Crippen LogP contribution in [0, 0.1) is 0 Å². The molecule has 10 heavy (non-hydrogen) atoms. The van der Waals surface area contributed by atoms with E-state index in [0.29, 0.717) is 5.33 Å². The van der Waals surface area contributed by atoms with Gasteiger partial charge in [0.05, 0.1) is 5.33 Å². The Labute approximate surface area is 74.3 Å². The smallest absolute Gasteiger partial charge is 0.230 e. The Balaban J connectivity index is 3.37. The van der Waals surface area contributed by atoms with Crippen molar-refractivity contribution < 1.29 is 4.79 Å². The Morgan fingerprint density at radius 3 is 2.80 bits per heavy atom. The maximum atomic E-state index is 10.7. The van der Waals surface area contributed by atoms with Gasteiger partial charge < -0.3 is 5.32 Å². The first-order chi connectivity index (χ1) is 4.70. The Bertz CT molecular complexity index is 110. The van der Waals surface area contributed by atoms with E-state index in [-0.39, 0.29) is 11.9 Å². The van der Waals surface area contributed by atoms with Crippen LogP contribution in [0.15, 0.2) is 0 Å². The highest BCUT2D eigenvalue weighted by Crippen LogP contribution is 1.95. The van der Waals surface area contributed by atoms with Crippen LogP contribution in [0.4, 0.5) is 0 Å². The van der Waals surface area contributed by atoms with Gasteiger partial charge in [-0.15, -0.1) is 0 Å². The predicted octanol–water partition coefficient (Wildman–Crippen LogP) is 1.25. The topological polar surface area (TPSA) is 29.1 Å². The summed E-state index contributed by atoms with van der Waals surface area (Å²) in [5.74, 6) is 1.03. The van der Waals surface area contributed by atoms with Gasteiger partial charge in [0.25, 0.3) is 0 Å². The van der Waals surface area contributed by atoms with Gasteiger partial charge in [0.1, 0.15) is 0 Å². The van der Waals surface area contributed by atoms with Crippen LogP contribution in [0.25, 0.3) is 0 Å². The fraction of sp³-hybridized carbons (Fsp3) is 0.833. The second-order valence-electron chi connectivity index (χ2n) is 2.06. The first-order valence-electron chi connectivity index (χ1n) is 3.05. The molecule has 0 fully saturated rings. The molecule has 0 aromatic heterocycles. The number of hydrogen-bond donors (Lipinski definition) is 1. The molecule has 0 radical (unpaired) electrons. The van der Waals surface area contributed by atoms with E-state index >= 15 is 0 Å². The zero-order chi connectivity index (χ0) is 7.98. The van der Waals surface area contributed by atoms with Gasteiger partial charge in [-0.25, -0.2) is 0 Å². The van der Waals surface area contributed by atoms with Crippen molar-refractivity contribution >= 4 is 33.6 Å². The average Bonchev–Trinajstić information content (AvgIpc) is 1.88. The summed E-state index contributed by atoms with van der Waals surface area (Å²) in [6.07, 6.45) is 2.02. The number of carbonyl (C=O) groups is 1. The molecule has 4 heteroatoms. The van der Waals surface area contributed by atoms with Gasteiger partial charge in [0, 0.05) is 11.8 Å². The number of halogens is 1. The van der Waals surface area contributed by atoms with Crippen molar-refractivity contribution in [2.75, 3.05) is 17.3 Å². The van der Waals surface area contributed by atoms with Crippen molar-refractivity contribution in [2.24, 2.45) is 0 Å². The third-order valence-electron chi connectivity index (χ3n) is 0.945. The molecule has 0 rings (SSSR count). The van der Waals surface area contributed by atoms with E-state index in [4.69, 9.17) is 0 Å². The van der Waals surface area contributed by atoms with Gasteiger partial charge in [0.15, 0.2) is 0 Å². The molecule has 1 unspecified atom stereocenters. The summed E-state index contributed by atoms with van der Waals surface area (Å²) in [4.78, 5) is 10.7. The SMILES string of the molecule is CSCC(C)NC(=O)CBr. The standard InChI is InChI=1S/C6H12BrNOS/c1-5(4-10-2)8-6(9)3-7/h5H,3-4H2,1-2H3,(H,8,9). The van der Waals surface area contributed by atoms with E-state index < -0.39 is 0 Å². The van der Waals surface area contributed by atoms with Crippen LogP contribution >= 0.6 is 27.7 Å². The molecule has 0 saturated carbocycles. The molecule has 0 aliphatic rings. The van der Waals surface area contributed by atoms with Gasteiger partial charge in [-0.3, -0.25) is 4.79 Å². The molecule has 0 heterocycles. The highest BCUT2D eigenvalue weighted by Gasteiger charge is 2.03. The fourth-order valence-electron chi connectivity index (χ4n) is 0.605. The zero-order valence-corrected chi connectivity index (χ0v) is 8.59. The molecular formula is C6H12BrNOS. The quantitative estimate of drug-likeness (QED) is 0.731. The van der Waals surface area contributed by atoms with E-state index in [1.165, 1.54) is 0 Å². The lowest BCUT2D eigenvalue weighted by atomic mass is 10.4. The minimum Gasteiger partial charge on any atom is -0.352 e. The van der Waals surface area contributed by atoms with Crippen LogP contribution in [0.3, 0.4) is 0 Å². The zero-order valence-electron chi connectivity index (χ0n) is 6.19. The third kappa shape index (κ3) is 5.11. The molecule has 0 aliphatic heterocycles. The van der Waals surface area contributed by atoms with Crippen molar-refractivity contribution in [3.63, 3.8) is 0 Å². The highest BCUT2D eigenvalue weighted by atomic mass is 79.9. The van der Waals surface area contributed by atoms with Crippen molar-refractivity contribution in [1.82, 2.24) is 5.32 Å². The molecule has 1 atom stereocenters. The number of alkyl halides is 1. The lowest BCUT2D eigenvalue weighted by Gasteiger charge is -2.10. The highest BCUT2D eigenvalue weighted by molar-refractivity contribution is 9.09. The third-order valence-corrected chi connectivity index (χ3v) is 2.29. The number of amides is 1. The van der Waals surface area contributed by atoms with Gasteiger partial charge in [-0.05, 0) is 13.2 Å². The van der Waals surface area contributed by atoms with Crippen LogP contribution in [0.1, 0.15) is 6.92 Å². The van der Waals surface area contributed by atoms with E-state index in [1.54, 1.807) is 11.8 Å². The normalized spacial score (nSPS) is 12.7. The fourth-order valence-corrected chi connectivity index (χ4v) is 1.35. The lowest BCUT2D eigenvalue weighted by Crippen LogP contribution is -2.34. The van der Waals surface area contributed by atoms with Crippen LogP contribution in [0.2, 0.25) is 0 Å². The van der Waals surface area contributed by atoms with Crippen LogP contribution in [-0.4, -0.2) is 29.3 Å². The summed E-state index contributed by atoms with van der Waals surface area (Å²) in [6.45, 7) is 2.00. The maximum absolute atomic E-state index is 10.7. The Kier molecular flexibility index (Phi) is 6.22. The Morgan fingerprint density at radius 2 is 2.40 bits per heavy atom. The summed E-state index contributed by atoms with van der Waals surface area (Å²) < 4.78 is 0. The molecule has 0 aliphatic carbocycles. The minimum atomic E-state index is 0.0570. The Morgan fingerprint density at radius 1 is 1.80 bits per heavy atom. The molecule has 0 aromatic carbocycles. The van der Waals surface area contributed by atoms with Crippen LogP contribution in [-0.2, 0) is 4.79 Å². The van der Waals surface area contributed by atoms with Crippen molar-refractivity contribution in [3.8, 4) is 0 Å². The van der Waals surface area contributed by atoms with Crippen molar-refractivity contribution in [1.29, 1.82) is 0 Å². The van der Waals surface area contributed by atoms with Crippen molar-refractivity contribution in [3.05, 3.63) is 0 Å². The number of carbonyl (C=O) groups excluding carboxylic acids is 1. The van der Waals surface area contributed by atoms with Crippen LogP contribution < -0.4 is 5.32 Å². The first-order valence-corrected chi connectivity index (χ1v) is 5.56. The molecule has 0 spiro atoms. The molecular weight excluding hydrogens is 214 g/mol. The van der Waals surface area contributed by atoms with E-state index in [9.17, 15) is 4.79 Å². The average molecular weight is 226 g/mol. The number of nitrogens with one attached hydrogen (secondary N) is 1. The predicted molar refractivity (Wildman–Crippen MR) is 49.8 cm³/mol. The Hall–Kier alpha value is 0.300. The number of hydrogen-bond acceptors (Lipinski definition) is 2. The molecule has 1 N–H and O–H groups in total. The van der Waals surface area contributed by atoms with Gasteiger partial charge in [0.2, 0.25) is 5.91 Å². The van der Waals surface area contributed by atoms with E-state index in [1.807, 2.05) is 13.2 Å². The molecule has 60 valence electrons. The van der Waals surface area contributed by atoms with Gasteiger partial charge >= 0.3 is 0 Å².